The minimum atomic E-state index is -1.01. The van der Waals surface area contributed by atoms with Crippen LogP contribution in [-0.4, -0.2) is 39.6 Å². The molecule has 1 fully saturated rings. The lowest BCUT2D eigenvalue weighted by Crippen LogP contribution is -2.52. The minimum Gasteiger partial charge on any atom is -0.478 e. The summed E-state index contributed by atoms with van der Waals surface area (Å²) < 4.78 is 16.5. The Morgan fingerprint density at radius 3 is 2.41 bits per heavy atom. The van der Waals surface area contributed by atoms with Gasteiger partial charge < -0.3 is 15.3 Å². The van der Waals surface area contributed by atoms with Crippen LogP contribution in [0.2, 0.25) is 0 Å². The molecule has 0 atom stereocenters. The first-order chi connectivity index (χ1) is 15.5. The molecule has 0 aliphatic carbocycles. The molecule has 5 rings (SSSR count). The highest BCUT2D eigenvalue weighted by Gasteiger charge is 2.33. The van der Waals surface area contributed by atoms with E-state index in [2.05, 4.69) is 10.3 Å². The van der Waals surface area contributed by atoms with Gasteiger partial charge in [-0.2, -0.15) is 0 Å². The topological polar surface area (TPSA) is 87.5 Å². The molecule has 7 nitrogen and oxygen atoms in total. The van der Waals surface area contributed by atoms with Gasteiger partial charge in [0.05, 0.1) is 17.0 Å². The van der Waals surface area contributed by atoms with E-state index in [0.29, 0.717) is 30.0 Å². The number of fused-ring (bicyclic) bond motifs is 1. The predicted molar refractivity (Wildman–Crippen MR) is 119 cm³/mol. The molecular weight excluding hydrogens is 411 g/mol. The highest BCUT2D eigenvalue weighted by molar-refractivity contribution is 5.94. The lowest BCUT2D eigenvalue weighted by molar-refractivity contribution is -0.120. The van der Waals surface area contributed by atoms with E-state index < -0.39 is 11.8 Å². The molecule has 0 radical (unpaired) electrons. The van der Waals surface area contributed by atoms with Crippen molar-refractivity contribution < 1.29 is 19.1 Å². The van der Waals surface area contributed by atoms with Crippen molar-refractivity contribution in [3.05, 3.63) is 84.4 Å². The van der Waals surface area contributed by atoms with Gasteiger partial charge in [0.25, 0.3) is 0 Å². The number of carboxylic acids is 1. The van der Waals surface area contributed by atoms with Crippen molar-refractivity contribution in [2.45, 2.75) is 0 Å². The Morgan fingerprint density at radius 2 is 1.72 bits per heavy atom. The summed E-state index contributed by atoms with van der Waals surface area (Å²) in [7, 11) is 0. The maximum absolute atomic E-state index is 14.8. The van der Waals surface area contributed by atoms with E-state index in [1.165, 1.54) is 24.5 Å². The van der Waals surface area contributed by atoms with Crippen molar-refractivity contribution in [1.82, 2.24) is 9.55 Å². The summed E-state index contributed by atoms with van der Waals surface area (Å²) in [5.41, 5.74) is 3.07. The Balaban J connectivity index is 1.36. The highest BCUT2D eigenvalue weighted by Crippen LogP contribution is 2.31. The second-order valence-electron chi connectivity index (χ2n) is 7.72. The largest absolute Gasteiger partial charge is 0.478 e. The number of halogens is 1. The molecule has 160 valence electrons. The van der Waals surface area contributed by atoms with E-state index in [4.69, 9.17) is 5.11 Å². The Morgan fingerprint density at radius 1 is 1.00 bits per heavy atom. The molecule has 32 heavy (non-hydrogen) atoms. The lowest BCUT2D eigenvalue weighted by atomic mass is 9.98. The fourth-order valence-electron chi connectivity index (χ4n) is 3.83. The van der Waals surface area contributed by atoms with Crippen molar-refractivity contribution >= 4 is 34.3 Å². The molecular formula is C24H19FN4O3. The van der Waals surface area contributed by atoms with Gasteiger partial charge in [0.15, 0.2) is 5.82 Å². The summed E-state index contributed by atoms with van der Waals surface area (Å²) in [5.74, 6) is -1.69. The summed E-state index contributed by atoms with van der Waals surface area (Å²) in [6.45, 7) is 0.982. The first kappa shape index (κ1) is 19.7. The Hall–Kier alpha value is -4.20. The Bertz CT molecular complexity index is 1310. The van der Waals surface area contributed by atoms with Gasteiger partial charge in [0, 0.05) is 30.2 Å². The number of anilines is 2. The molecule has 1 aliphatic rings. The van der Waals surface area contributed by atoms with Gasteiger partial charge in [0.1, 0.15) is 11.8 Å². The van der Waals surface area contributed by atoms with Crippen LogP contribution in [0.15, 0.2) is 73.1 Å². The number of carbonyl (C=O) groups is 2. The molecule has 0 spiro atoms. The van der Waals surface area contributed by atoms with Crippen LogP contribution in [0.5, 0.6) is 0 Å². The summed E-state index contributed by atoms with van der Waals surface area (Å²) in [5, 5.41) is 12.0. The molecule has 0 unspecified atom stereocenters. The number of benzene rings is 3. The van der Waals surface area contributed by atoms with E-state index in [1.807, 2.05) is 41.3 Å². The number of carbonyl (C=O) groups excluding carboxylic acids is 1. The van der Waals surface area contributed by atoms with Crippen molar-refractivity contribution in [3.8, 4) is 5.69 Å². The number of nitrogens with zero attached hydrogens (tertiary/aromatic N) is 3. The van der Waals surface area contributed by atoms with Gasteiger partial charge in [-0.1, -0.05) is 18.2 Å². The monoisotopic (exact) mass is 430 g/mol. The number of imidazole rings is 1. The zero-order chi connectivity index (χ0) is 22.2. The summed E-state index contributed by atoms with van der Waals surface area (Å²) in [4.78, 5) is 29.7. The number of nitrogens with one attached hydrogen (secondary N) is 1. The smallest absolute Gasteiger partial charge is 0.335 e. The number of rotatable bonds is 5. The zero-order valence-corrected chi connectivity index (χ0v) is 16.9. The van der Waals surface area contributed by atoms with Crippen molar-refractivity contribution in [2.24, 2.45) is 5.92 Å². The number of hydrogen-bond donors (Lipinski definition) is 2. The molecule has 2 N–H and O–H groups in total. The molecule has 0 bridgehead atoms. The van der Waals surface area contributed by atoms with Gasteiger partial charge in [-0.15, -0.1) is 0 Å². The fourth-order valence-corrected chi connectivity index (χ4v) is 3.83. The molecule has 1 aromatic heterocycles. The van der Waals surface area contributed by atoms with Crippen molar-refractivity contribution in [1.29, 1.82) is 0 Å². The Kier molecular flexibility index (Phi) is 4.82. The van der Waals surface area contributed by atoms with Crippen molar-refractivity contribution in [3.63, 3.8) is 0 Å². The highest BCUT2D eigenvalue weighted by atomic mass is 19.1. The summed E-state index contributed by atoms with van der Waals surface area (Å²) in [6.07, 6.45) is 1.51. The van der Waals surface area contributed by atoms with Gasteiger partial charge >= 0.3 is 5.97 Å². The quantitative estimate of drug-likeness (QED) is 0.501. The zero-order valence-electron chi connectivity index (χ0n) is 16.9. The second-order valence-corrected chi connectivity index (χ2v) is 7.72. The number of carboxylic acid groups (broad SMARTS) is 1. The van der Waals surface area contributed by atoms with Gasteiger partial charge in [-0.25, -0.2) is 14.2 Å². The van der Waals surface area contributed by atoms with Crippen LogP contribution < -0.4 is 10.2 Å². The van der Waals surface area contributed by atoms with Crippen LogP contribution in [0.3, 0.4) is 0 Å². The SMILES string of the molecule is O=C(O)c1ccc(-n2cnc3c(F)cc(N4CC(C(=O)Nc5ccccc5)C4)cc32)cc1. The molecule has 3 aromatic carbocycles. The van der Waals surface area contributed by atoms with Crippen LogP contribution in [0.4, 0.5) is 15.8 Å². The van der Waals surface area contributed by atoms with Crippen LogP contribution in [-0.2, 0) is 4.79 Å². The average Bonchev–Trinajstić information content (AvgIpc) is 3.18. The number of amides is 1. The predicted octanol–water partition coefficient (Wildman–Crippen LogP) is 3.94. The first-order valence-corrected chi connectivity index (χ1v) is 10.1. The number of aromatic carboxylic acids is 1. The number of para-hydroxylation sites is 1. The van der Waals surface area contributed by atoms with Crippen LogP contribution in [0, 0.1) is 11.7 Å². The standard InChI is InChI=1S/C24H19FN4O3/c25-20-10-19(28-12-16(13-28)23(30)27-17-4-2-1-3-5-17)11-21-22(20)26-14-29(21)18-8-6-15(7-9-18)24(31)32/h1-11,14,16H,12-13H2,(H,27,30)(H,31,32). The van der Waals surface area contributed by atoms with E-state index in [-0.39, 0.29) is 22.9 Å². The number of hydrogen-bond acceptors (Lipinski definition) is 4. The van der Waals surface area contributed by atoms with Crippen LogP contribution in [0.25, 0.3) is 16.7 Å². The third-order valence-corrected chi connectivity index (χ3v) is 5.64. The summed E-state index contributed by atoms with van der Waals surface area (Å²) >= 11 is 0. The molecule has 1 saturated heterocycles. The van der Waals surface area contributed by atoms with Gasteiger partial charge in [0.2, 0.25) is 5.91 Å². The molecule has 1 amide bonds. The minimum absolute atomic E-state index is 0.0578. The summed E-state index contributed by atoms with van der Waals surface area (Å²) in [6, 6.07) is 18.8. The molecule has 4 aromatic rings. The molecule has 1 aliphatic heterocycles. The van der Waals surface area contributed by atoms with E-state index >= 15 is 0 Å². The average molecular weight is 430 g/mol. The molecule has 8 heteroatoms. The maximum atomic E-state index is 14.8. The van der Waals surface area contributed by atoms with Crippen LogP contribution >= 0.6 is 0 Å². The normalized spacial score (nSPS) is 13.7. The Labute approximate surface area is 182 Å². The number of aromatic nitrogens is 2. The van der Waals surface area contributed by atoms with Crippen molar-refractivity contribution in [2.75, 3.05) is 23.3 Å². The maximum Gasteiger partial charge on any atom is 0.335 e. The van der Waals surface area contributed by atoms with Gasteiger partial charge in [-0.3, -0.25) is 9.36 Å². The molecule has 0 saturated carbocycles. The third kappa shape index (κ3) is 3.56. The van der Waals surface area contributed by atoms with E-state index in [0.717, 1.165) is 5.69 Å². The van der Waals surface area contributed by atoms with Crippen LogP contribution in [0.1, 0.15) is 10.4 Å². The lowest BCUT2D eigenvalue weighted by Gasteiger charge is -2.40. The fraction of sp³-hybridized carbons (Fsp3) is 0.125. The van der Waals surface area contributed by atoms with Gasteiger partial charge in [-0.05, 0) is 48.5 Å². The third-order valence-electron chi connectivity index (χ3n) is 5.64. The van der Waals surface area contributed by atoms with E-state index in [1.54, 1.807) is 16.7 Å². The molecule has 2 heterocycles. The van der Waals surface area contributed by atoms with E-state index in [9.17, 15) is 14.0 Å². The second kappa shape index (κ2) is 7.81. The first-order valence-electron chi connectivity index (χ1n) is 10.1.